The van der Waals surface area contributed by atoms with Crippen LogP contribution in [0.5, 0.6) is 0 Å². The number of rotatable bonds is 2. The average molecular weight is 369 g/mol. The third-order valence-electron chi connectivity index (χ3n) is 7.70. The summed E-state index contributed by atoms with van der Waals surface area (Å²) in [4.78, 5) is 11.8. The van der Waals surface area contributed by atoms with Crippen molar-refractivity contribution in [3.63, 3.8) is 0 Å². The Morgan fingerprint density at radius 3 is 2.69 bits per heavy atom. The van der Waals surface area contributed by atoms with E-state index in [2.05, 4.69) is 44.6 Å². The van der Waals surface area contributed by atoms with E-state index in [0.717, 1.165) is 25.7 Å². The minimum absolute atomic E-state index is 0.0687. The van der Waals surface area contributed by atoms with Crippen molar-refractivity contribution in [1.29, 1.82) is 0 Å². The summed E-state index contributed by atoms with van der Waals surface area (Å²) < 4.78 is 6.73. The van der Waals surface area contributed by atoms with Gasteiger partial charge in [0.2, 0.25) is 0 Å². The molecule has 0 heterocycles. The molecular formula is C23H32O2Si. The third-order valence-corrected chi connectivity index (χ3v) is 8.66. The number of carbonyl (C=O) groups is 1. The standard InChI is InChI=1S/C23H32O2Si/c1-6-23(25-26(3,4)5)14-12-21-20-9-7-16-15-17(24)8-10-18(16)19(20)11-13-22(21,23)2/h1,7,9,15,18-21H,8,10-14H2,2-5H3/t18-,19+,20+,21-,22-,23-/m1/s1. The Labute approximate surface area is 159 Å². The first-order valence-corrected chi connectivity index (χ1v) is 13.7. The van der Waals surface area contributed by atoms with Crippen LogP contribution < -0.4 is 0 Å². The molecule has 140 valence electrons. The minimum atomic E-state index is -1.73. The van der Waals surface area contributed by atoms with Crippen LogP contribution in [0.3, 0.4) is 0 Å². The average Bonchev–Trinajstić information content (AvgIpc) is 2.86. The van der Waals surface area contributed by atoms with Crippen molar-refractivity contribution in [1.82, 2.24) is 0 Å². The smallest absolute Gasteiger partial charge is 0.185 e. The van der Waals surface area contributed by atoms with E-state index < -0.39 is 8.32 Å². The van der Waals surface area contributed by atoms with Gasteiger partial charge in [0.1, 0.15) is 5.60 Å². The van der Waals surface area contributed by atoms with E-state index in [9.17, 15) is 4.79 Å². The van der Waals surface area contributed by atoms with Crippen molar-refractivity contribution in [3.8, 4) is 12.3 Å². The summed E-state index contributed by atoms with van der Waals surface area (Å²) in [6.07, 6.45) is 19.0. The van der Waals surface area contributed by atoms with Crippen LogP contribution >= 0.6 is 0 Å². The van der Waals surface area contributed by atoms with E-state index in [0.29, 0.717) is 29.5 Å². The molecule has 0 aromatic carbocycles. The van der Waals surface area contributed by atoms with Crippen molar-refractivity contribution in [2.45, 2.75) is 70.7 Å². The molecular weight excluding hydrogens is 336 g/mol. The fourth-order valence-corrected chi connectivity index (χ4v) is 8.05. The van der Waals surface area contributed by atoms with E-state index in [4.69, 9.17) is 10.8 Å². The topological polar surface area (TPSA) is 26.3 Å². The van der Waals surface area contributed by atoms with Crippen molar-refractivity contribution < 1.29 is 9.22 Å². The molecule has 0 bridgehead atoms. The molecule has 0 radical (unpaired) electrons. The largest absolute Gasteiger partial charge is 0.401 e. The molecule has 0 aliphatic heterocycles. The van der Waals surface area contributed by atoms with Gasteiger partial charge in [0.25, 0.3) is 0 Å². The predicted molar refractivity (Wildman–Crippen MR) is 108 cm³/mol. The number of allylic oxidation sites excluding steroid dienone is 4. The number of fused-ring (bicyclic) bond motifs is 5. The summed E-state index contributed by atoms with van der Waals surface area (Å²) in [5.41, 5.74) is 0.962. The molecule has 6 atom stereocenters. The molecule has 4 aliphatic carbocycles. The van der Waals surface area contributed by atoms with E-state index >= 15 is 0 Å². The van der Waals surface area contributed by atoms with Crippen LogP contribution in [-0.4, -0.2) is 19.7 Å². The molecule has 0 amide bonds. The van der Waals surface area contributed by atoms with E-state index in [1.807, 2.05) is 6.08 Å². The van der Waals surface area contributed by atoms with Crippen LogP contribution in [0.25, 0.3) is 0 Å². The van der Waals surface area contributed by atoms with Crippen molar-refractivity contribution in [2.24, 2.45) is 29.1 Å². The maximum absolute atomic E-state index is 11.8. The van der Waals surface area contributed by atoms with E-state index in [-0.39, 0.29) is 11.0 Å². The zero-order chi connectivity index (χ0) is 18.7. The van der Waals surface area contributed by atoms with Crippen LogP contribution in [0, 0.1) is 41.4 Å². The molecule has 2 saturated carbocycles. The molecule has 4 rings (SSSR count). The molecule has 4 aliphatic rings. The molecule has 0 aromatic heterocycles. The van der Waals surface area contributed by atoms with Crippen molar-refractivity contribution >= 4 is 14.1 Å². The predicted octanol–water partition coefficient (Wildman–Crippen LogP) is 5.13. The van der Waals surface area contributed by atoms with Gasteiger partial charge in [-0.3, -0.25) is 4.79 Å². The summed E-state index contributed by atoms with van der Waals surface area (Å²) >= 11 is 0. The van der Waals surface area contributed by atoms with Crippen LogP contribution in [0.15, 0.2) is 23.8 Å². The van der Waals surface area contributed by atoms with E-state index in [1.54, 1.807) is 0 Å². The zero-order valence-electron chi connectivity index (χ0n) is 16.7. The lowest BCUT2D eigenvalue weighted by atomic mass is 9.52. The SMILES string of the molecule is C#C[C@@]1(O[Si](C)(C)C)CC[C@@H]2[C@H]3C=CC4=CC(=O)CC[C@H]4[C@@H]3CC[C@]21C. The number of carbonyl (C=O) groups excluding carboxylic acids is 1. The first-order valence-electron chi connectivity index (χ1n) is 10.3. The molecule has 0 N–H and O–H groups in total. The first-order chi connectivity index (χ1) is 12.2. The summed E-state index contributed by atoms with van der Waals surface area (Å²) in [5, 5.41) is 0. The molecule has 0 spiro atoms. The number of hydrogen-bond acceptors (Lipinski definition) is 2. The van der Waals surface area contributed by atoms with Gasteiger partial charge in [-0.1, -0.05) is 25.0 Å². The second kappa shape index (κ2) is 5.94. The fraction of sp³-hybridized carbons (Fsp3) is 0.696. The Hall–Kier alpha value is -1.11. The highest BCUT2D eigenvalue weighted by Crippen LogP contribution is 2.64. The lowest BCUT2D eigenvalue weighted by Crippen LogP contribution is -2.55. The number of terminal acetylenes is 1. The highest BCUT2D eigenvalue weighted by atomic mass is 28.4. The van der Waals surface area contributed by atoms with Gasteiger partial charge in [0.05, 0.1) is 0 Å². The summed E-state index contributed by atoms with van der Waals surface area (Å²) in [6, 6.07) is 0. The quantitative estimate of drug-likeness (QED) is 0.499. The Bertz CT molecular complexity index is 721. The summed E-state index contributed by atoms with van der Waals surface area (Å²) in [7, 11) is -1.73. The fourth-order valence-electron chi connectivity index (χ4n) is 6.61. The van der Waals surface area contributed by atoms with Crippen molar-refractivity contribution in [2.75, 3.05) is 0 Å². The summed E-state index contributed by atoms with van der Waals surface area (Å²) in [5.74, 6) is 5.91. The molecule has 26 heavy (non-hydrogen) atoms. The Morgan fingerprint density at radius 1 is 1.23 bits per heavy atom. The van der Waals surface area contributed by atoms with Gasteiger partial charge >= 0.3 is 0 Å². The Kier molecular flexibility index (Phi) is 4.17. The molecule has 0 unspecified atom stereocenters. The highest BCUT2D eigenvalue weighted by Gasteiger charge is 2.63. The van der Waals surface area contributed by atoms with Crippen LogP contribution in [0.1, 0.15) is 45.4 Å². The zero-order valence-corrected chi connectivity index (χ0v) is 17.7. The lowest BCUT2D eigenvalue weighted by Gasteiger charge is -2.55. The second-order valence-electron chi connectivity index (χ2n) is 10.1. The molecule has 0 aromatic rings. The van der Waals surface area contributed by atoms with Crippen LogP contribution in [0.4, 0.5) is 0 Å². The minimum Gasteiger partial charge on any atom is -0.401 e. The van der Waals surface area contributed by atoms with Gasteiger partial charge in [-0.15, -0.1) is 6.42 Å². The van der Waals surface area contributed by atoms with Gasteiger partial charge in [0, 0.05) is 11.8 Å². The van der Waals surface area contributed by atoms with Crippen LogP contribution in [0.2, 0.25) is 19.6 Å². The second-order valence-corrected chi connectivity index (χ2v) is 14.6. The number of hydrogen-bond donors (Lipinski definition) is 0. The van der Waals surface area contributed by atoms with Gasteiger partial charge in [-0.05, 0) is 87.1 Å². The van der Waals surface area contributed by atoms with Crippen molar-refractivity contribution in [3.05, 3.63) is 23.8 Å². The van der Waals surface area contributed by atoms with Crippen LogP contribution in [-0.2, 0) is 9.22 Å². The normalized spacial score (nSPS) is 44.6. The molecule has 2 fully saturated rings. The summed E-state index contributed by atoms with van der Waals surface area (Å²) in [6.45, 7) is 9.17. The Balaban J connectivity index is 1.68. The maximum Gasteiger partial charge on any atom is 0.185 e. The monoisotopic (exact) mass is 368 g/mol. The molecule has 0 saturated heterocycles. The van der Waals surface area contributed by atoms with Gasteiger partial charge in [-0.25, -0.2) is 0 Å². The lowest BCUT2D eigenvalue weighted by molar-refractivity contribution is -0.115. The Morgan fingerprint density at radius 2 is 2.00 bits per heavy atom. The maximum atomic E-state index is 11.8. The molecule has 2 nitrogen and oxygen atoms in total. The van der Waals surface area contributed by atoms with E-state index in [1.165, 1.54) is 18.4 Å². The number of ketones is 1. The van der Waals surface area contributed by atoms with Gasteiger partial charge < -0.3 is 4.43 Å². The van der Waals surface area contributed by atoms with Gasteiger partial charge in [0.15, 0.2) is 14.1 Å². The third kappa shape index (κ3) is 2.60. The molecule has 3 heteroatoms. The highest BCUT2D eigenvalue weighted by molar-refractivity contribution is 6.69. The van der Waals surface area contributed by atoms with Gasteiger partial charge in [-0.2, -0.15) is 0 Å². The first kappa shape index (κ1) is 18.3.